The van der Waals surface area contributed by atoms with Gasteiger partial charge < -0.3 is 10.6 Å². The highest BCUT2D eigenvalue weighted by Crippen LogP contribution is 2.19. The van der Waals surface area contributed by atoms with Crippen LogP contribution in [0.1, 0.15) is 35.3 Å². The zero-order valence-electron chi connectivity index (χ0n) is 13.8. The molecule has 0 saturated carbocycles. The van der Waals surface area contributed by atoms with Gasteiger partial charge in [0.2, 0.25) is 0 Å². The number of thiazole rings is 1. The number of hydrogen-bond acceptors (Lipinski definition) is 4. The highest BCUT2D eigenvalue weighted by Gasteiger charge is 2.06. The van der Waals surface area contributed by atoms with Crippen LogP contribution < -0.4 is 10.6 Å². The molecule has 0 saturated heterocycles. The Labute approximate surface area is 163 Å². The Bertz CT molecular complexity index is 579. The Balaban J connectivity index is 0.00000264. The molecule has 128 valence electrons. The molecular weight excluding hydrogens is 439 g/mol. The topological polar surface area (TPSA) is 49.3 Å². The number of guanidine groups is 1. The first-order valence-corrected chi connectivity index (χ1v) is 9.36. The van der Waals surface area contributed by atoms with Crippen LogP contribution in [0.25, 0.3) is 0 Å². The van der Waals surface area contributed by atoms with Crippen molar-refractivity contribution in [2.24, 2.45) is 4.99 Å². The van der Waals surface area contributed by atoms with E-state index in [9.17, 15) is 0 Å². The third-order valence-electron chi connectivity index (χ3n) is 3.20. The molecule has 2 heterocycles. The standard InChI is InChI=1S/C16H24N4S2.HI/c1-12(2)15-20-13(11-22-15)6-8-18-16(17-3)19-9-7-14-5-4-10-21-14;/h4-5,10-12H,6-9H2,1-3H3,(H2,17,18,19);1H. The lowest BCUT2D eigenvalue weighted by Gasteiger charge is -2.10. The maximum atomic E-state index is 4.65. The lowest BCUT2D eigenvalue weighted by Crippen LogP contribution is -2.39. The Morgan fingerprint density at radius 3 is 2.52 bits per heavy atom. The Hall–Kier alpha value is -0.670. The van der Waals surface area contributed by atoms with Crippen molar-refractivity contribution in [3.8, 4) is 0 Å². The van der Waals surface area contributed by atoms with E-state index in [1.165, 1.54) is 9.88 Å². The molecule has 0 amide bonds. The van der Waals surface area contributed by atoms with Crippen LogP contribution in [0, 0.1) is 0 Å². The quantitative estimate of drug-likeness (QED) is 0.371. The molecule has 0 bridgehead atoms. The molecule has 2 rings (SSSR count). The van der Waals surface area contributed by atoms with Crippen molar-refractivity contribution in [2.75, 3.05) is 20.1 Å². The van der Waals surface area contributed by atoms with Crippen molar-refractivity contribution in [3.05, 3.63) is 38.5 Å². The molecule has 0 aliphatic carbocycles. The van der Waals surface area contributed by atoms with Crippen molar-refractivity contribution in [1.82, 2.24) is 15.6 Å². The van der Waals surface area contributed by atoms with Gasteiger partial charge in [0.1, 0.15) is 0 Å². The monoisotopic (exact) mass is 464 g/mol. The lowest BCUT2D eigenvalue weighted by molar-refractivity contribution is 0.773. The zero-order chi connectivity index (χ0) is 15.8. The lowest BCUT2D eigenvalue weighted by atomic mass is 10.2. The molecule has 0 spiro atoms. The number of aromatic nitrogens is 1. The number of hydrogen-bond donors (Lipinski definition) is 2. The highest BCUT2D eigenvalue weighted by molar-refractivity contribution is 14.0. The normalized spacial score (nSPS) is 11.4. The first kappa shape index (κ1) is 20.4. The first-order valence-electron chi connectivity index (χ1n) is 7.60. The minimum atomic E-state index is 0. The van der Waals surface area contributed by atoms with Gasteiger partial charge in [0.15, 0.2) is 5.96 Å². The minimum Gasteiger partial charge on any atom is -0.356 e. The van der Waals surface area contributed by atoms with Crippen molar-refractivity contribution in [2.45, 2.75) is 32.6 Å². The van der Waals surface area contributed by atoms with Crippen molar-refractivity contribution >= 4 is 52.6 Å². The predicted octanol–water partition coefficient (Wildman–Crippen LogP) is 3.90. The molecule has 0 fully saturated rings. The number of nitrogens with zero attached hydrogens (tertiary/aromatic N) is 2. The fraction of sp³-hybridized carbons (Fsp3) is 0.500. The van der Waals surface area contributed by atoms with E-state index in [1.54, 1.807) is 29.7 Å². The molecule has 0 atom stereocenters. The summed E-state index contributed by atoms with van der Waals surface area (Å²) >= 11 is 3.55. The van der Waals surface area contributed by atoms with Gasteiger partial charge in [0.25, 0.3) is 0 Å². The molecular formula is C16H25IN4S2. The molecule has 0 aliphatic heterocycles. The Kier molecular flexibility index (Phi) is 9.73. The maximum absolute atomic E-state index is 4.65. The van der Waals surface area contributed by atoms with Gasteiger partial charge in [-0.1, -0.05) is 19.9 Å². The van der Waals surface area contributed by atoms with Crippen LogP contribution in [0.4, 0.5) is 0 Å². The third-order valence-corrected chi connectivity index (χ3v) is 5.33. The minimum absolute atomic E-state index is 0. The summed E-state index contributed by atoms with van der Waals surface area (Å²) in [4.78, 5) is 10.3. The van der Waals surface area contributed by atoms with Gasteiger partial charge in [-0.3, -0.25) is 4.99 Å². The summed E-state index contributed by atoms with van der Waals surface area (Å²) in [6.45, 7) is 6.11. The first-order chi connectivity index (χ1) is 10.7. The van der Waals surface area contributed by atoms with Crippen molar-refractivity contribution in [1.29, 1.82) is 0 Å². The molecule has 0 radical (unpaired) electrons. The van der Waals surface area contributed by atoms with Crippen LogP contribution in [0.5, 0.6) is 0 Å². The van der Waals surface area contributed by atoms with Gasteiger partial charge in [-0.2, -0.15) is 0 Å². The summed E-state index contributed by atoms with van der Waals surface area (Å²) in [6, 6.07) is 4.25. The SMILES string of the molecule is CN=C(NCCc1csc(C(C)C)n1)NCCc1cccs1.I. The largest absolute Gasteiger partial charge is 0.356 e. The Morgan fingerprint density at radius 2 is 1.96 bits per heavy atom. The zero-order valence-corrected chi connectivity index (χ0v) is 17.8. The van der Waals surface area contributed by atoms with Crippen molar-refractivity contribution in [3.63, 3.8) is 0 Å². The average molecular weight is 464 g/mol. The summed E-state index contributed by atoms with van der Waals surface area (Å²) in [5.41, 5.74) is 1.16. The molecule has 2 aromatic heterocycles. The summed E-state index contributed by atoms with van der Waals surface area (Å²) in [5, 5.41) is 12.2. The highest BCUT2D eigenvalue weighted by atomic mass is 127. The number of aliphatic imine (C=N–C) groups is 1. The van der Waals surface area contributed by atoms with E-state index in [0.29, 0.717) is 5.92 Å². The second-order valence-electron chi connectivity index (χ2n) is 5.34. The van der Waals surface area contributed by atoms with Gasteiger partial charge in [-0.15, -0.1) is 46.7 Å². The molecule has 0 aliphatic rings. The van der Waals surface area contributed by atoms with E-state index in [4.69, 9.17) is 0 Å². The molecule has 0 unspecified atom stereocenters. The van der Waals surface area contributed by atoms with Crippen LogP contribution >= 0.6 is 46.7 Å². The average Bonchev–Trinajstić information content (AvgIpc) is 3.17. The van der Waals surface area contributed by atoms with E-state index >= 15 is 0 Å². The summed E-state index contributed by atoms with van der Waals surface area (Å²) in [6.07, 6.45) is 1.96. The van der Waals surface area contributed by atoms with Gasteiger partial charge >= 0.3 is 0 Å². The van der Waals surface area contributed by atoms with Gasteiger partial charge in [-0.25, -0.2) is 4.98 Å². The molecule has 2 N–H and O–H groups in total. The predicted molar refractivity (Wildman–Crippen MR) is 113 cm³/mol. The van der Waals surface area contributed by atoms with E-state index in [0.717, 1.165) is 37.6 Å². The summed E-state index contributed by atoms with van der Waals surface area (Å²) in [7, 11) is 1.81. The second-order valence-corrected chi connectivity index (χ2v) is 7.26. The van der Waals surface area contributed by atoms with E-state index in [1.807, 2.05) is 0 Å². The van der Waals surface area contributed by atoms with Gasteiger partial charge in [-0.05, 0) is 17.9 Å². The van der Waals surface area contributed by atoms with Gasteiger partial charge in [0, 0.05) is 42.7 Å². The van der Waals surface area contributed by atoms with Crippen LogP contribution in [-0.4, -0.2) is 31.1 Å². The molecule has 4 nitrogen and oxygen atoms in total. The fourth-order valence-corrected chi connectivity index (χ4v) is 3.57. The van der Waals surface area contributed by atoms with E-state index in [-0.39, 0.29) is 24.0 Å². The number of thiophene rings is 1. The number of rotatable bonds is 7. The summed E-state index contributed by atoms with van der Waals surface area (Å²) < 4.78 is 0. The van der Waals surface area contributed by atoms with Crippen LogP contribution in [0.3, 0.4) is 0 Å². The van der Waals surface area contributed by atoms with Gasteiger partial charge in [0.05, 0.1) is 10.7 Å². The van der Waals surface area contributed by atoms with E-state index < -0.39 is 0 Å². The van der Waals surface area contributed by atoms with E-state index in [2.05, 4.69) is 57.4 Å². The molecule has 0 aromatic carbocycles. The summed E-state index contributed by atoms with van der Waals surface area (Å²) in [5.74, 6) is 1.37. The van der Waals surface area contributed by atoms with Crippen LogP contribution in [-0.2, 0) is 12.8 Å². The third kappa shape index (κ3) is 7.17. The second kappa shape index (κ2) is 11.0. The van der Waals surface area contributed by atoms with Crippen molar-refractivity contribution < 1.29 is 0 Å². The molecule has 7 heteroatoms. The van der Waals surface area contributed by atoms with Crippen LogP contribution in [0.15, 0.2) is 27.9 Å². The van der Waals surface area contributed by atoms with Crippen LogP contribution in [0.2, 0.25) is 0 Å². The fourth-order valence-electron chi connectivity index (χ4n) is 1.99. The maximum Gasteiger partial charge on any atom is 0.191 e. The number of halogens is 1. The Morgan fingerprint density at radius 1 is 1.22 bits per heavy atom. The molecule has 23 heavy (non-hydrogen) atoms. The smallest absolute Gasteiger partial charge is 0.191 e. The molecule has 2 aromatic rings. The number of nitrogens with one attached hydrogen (secondary N) is 2.